The maximum atomic E-state index is 13.1. The molecule has 298 valence electrons. The zero-order valence-electron chi connectivity index (χ0n) is 33.1. The molecule has 0 aliphatic carbocycles. The molecule has 13 nitrogen and oxygen atoms in total. The number of benzene rings is 1. The largest absolute Gasteiger partial charge is 0.497 e. The number of esters is 1. The predicted molar refractivity (Wildman–Crippen MR) is 208 cm³/mol. The molecular weight excluding hydrogens is 699 g/mol. The molecule has 1 saturated heterocycles. The van der Waals surface area contributed by atoms with E-state index in [1.165, 1.54) is 12.5 Å². The SMILES string of the molecule is CCC(=O)N1CCC[C@H]1C(=O)OC(C[C@@H](C)CC(O)C(C)C1=N[C@H](CCC(=O)NCC(=O)N[C@@H](C)C(N)=O)CS1)C(C)(C)C.COc1ccc(C)cc1. The fraction of sp³-hybridized carbons (Fsp3) is 0.692. The number of nitrogens with one attached hydrogen (secondary N) is 2. The van der Waals surface area contributed by atoms with Gasteiger partial charge in [-0.3, -0.25) is 24.2 Å². The number of aliphatic hydroxyl groups is 1. The van der Waals surface area contributed by atoms with E-state index in [0.717, 1.165) is 17.2 Å². The number of aliphatic imine (C=N–C) groups is 1. The van der Waals surface area contributed by atoms with Gasteiger partial charge in [-0.2, -0.15) is 0 Å². The number of thioether (sulfide) groups is 1. The molecular formula is C39H63N5O8S. The number of likely N-dealkylation sites (tertiary alicyclic amines) is 1. The highest BCUT2D eigenvalue weighted by molar-refractivity contribution is 8.14. The van der Waals surface area contributed by atoms with Gasteiger partial charge in [0.1, 0.15) is 23.9 Å². The molecule has 53 heavy (non-hydrogen) atoms. The zero-order chi connectivity index (χ0) is 39.9. The van der Waals surface area contributed by atoms with E-state index in [2.05, 4.69) is 17.6 Å². The van der Waals surface area contributed by atoms with E-state index >= 15 is 0 Å². The van der Waals surface area contributed by atoms with Crippen molar-refractivity contribution < 1.29 is 38.6 Å². The summed E-state index contributed by atoms with van der Waals surface area (Å²) in [5, 5.41) is 16.9. The van der Waals surface area contributed by atoms with Gasteiger partial charge < -0.3 is 35.8 Å². The molecule has 7 atom stereocenters. The Morgan fingerprint density at radius 2 is 1.74 bits per heavy atom. The quantitative estimate of drug-likeness (QED) is 0.169. The number of carbonyl (C=O) groups is 5. The molecule has 0 saturated carbocycles. The van der Waals surface area contributed by atoms with Crippen molar-refractivity contribution in [3.8, 4) is 5.75 Å². The number of ether oxygens (including phenoxy) is 2. The Hall–Kier alpha value is -3.65. The number of rotatable bonds is 17. The van der Waals surface area contributed by atoms with Crippen LogP contribution in [-0.4, -0.2) is 101 Å². The molecule has 14 heteroatoms. The normalized spacial score (nSPS) is 19.7. The summed E-state index contributed by atoms with van der Waals surface area (Å²) in [4.78, 5) is 66.9. The van der Waals surface area contributed by atoms with Gasteiger partial charge in [0.2, 0.25) is 23.6 Å². The van der Waals surface area contributed by atoms with Gasteiger partial charge in [-0.25, -0.2) is 4.79 Å². The van der Waals surface area contributed by atoms with E-state index in [1.807, 2.05) is 58.9 Å². The molecule has 1 aromatic carbocycles. The molecule has 3 rings (SSSR count). The van der Waals surface area contributed by atoms with Crippen LogP contribution in [0.3, 0.4) is 0 Å². The molecule has 3 unspecified atom stereocenters. The Morgan fingerprint density at radius 3 is 2.32 bits per heavy atom. The summed E-state index contributed by atoms with van der Waals surface area (Å²) in [6.07, 6.45) is 2.59. The number of nitrogens with zero attached hydrogens (tertiary/aromatic N) is 2. The lowest BCUT2D eigenvalue weighted by Crippen LogP contribution is -2.46. The van der Waals surface area contributed by atoms with Crippen LogP contribution in [-0.2, 0) is 28.7 Å². The van der Waals surface area contributed by atoms with Crippen LogP contribution in [0.25, 0.3) is 0 Å². The van der Waals surface area contributed by atoms with E-state index in [-0.39, 0.29) is 60.1 Å². The van der Waals surface area contributed by atoms with Gasteiger partial charge in [0.25, 0.3) is 0 Å². The number of amides is 4. The number of hydrogen-bond donors (Lipinski definition) is 4. The summed E-state index contributed by atoms with van der Waals surface area (Å²) >= 11 is 1.59. The number of carbonyl (C=O) groups excluding carboxylic acids is 5. The Kier molecular flexibility index (Phi) is 18.8. The standard InChI is InChI=1S/C31H53N5O7S.C8H10O/c1-8-27(40)36-13-9-10-22(36)30(42)43-24(31(5,6)7)15-18(2)14-23(37)19(3)29-35-21(17-44-29)11-12-25(38)33-16-26(39)34-20(4)28(32)41;1-7-3-5-8(9-2)6-4-7/h18-24,37H,8-17H2,1-7H3,(H2,32,41)(H,33,38)(H,34,39);3-6H,1-2H3/t18-,19?,20-,21+,22-,23?,24?;/m0./s1. The second-order valence-electron chi connectivity index (χ2n) is 15.3. The minimum atomic E-state index is -0.813. The van der Waals surface area contributed by atoms with Gasteiger partial charge in [0.05, 0.1) is 30.8 Å². The van der Waals surface area contributed by atoms with Crippen molar-refractivity contribution in [3.05, 3.63) is 29.8 Å². The van der Waals surface area contributed by atoms with Gasteiger partial charge in [0.15, 0.2) is 0 Å². The highest BCUT2D eigenvalue weighted by Crippen LogP contribution is 2.33. The maximum absolute atomic E-state index is 13.1. The molecule has 2 aliphatic heterocycles. The highest BCUT2D eigenvalue weighted by Gasteiger charge is 2.38. The lowest BCUT2D eigenvalue weighted by atomic mass is 9.81. The first-order chi connectivity index (χ1) is 24.9. The number of methoxy groups -OCH3 is 1. The zero-order valence-corrected chi connectivity index (χ0v) is 33.9. The third-order valence-electron chi connectivity index (χ3n) is 9.54. The van der Waals surface area contributed by atoms with E-state index in [9.17, 15) is 29.1 Å². The number of nitrogens with two attached hydrogens (primary N) is 1. The molecule has 0 radical (unpaired) electrons. The monoisotopic (exact) mass is 761 g/mol. The van der Waals surface area contributed by atoms with E-state index < -0.39 is 30.0 Å². The third kappa shape index (κ3) is 15.7. The van der Waals surface area contributed by atoms with Crippen LogP contribution in [0.5, 0.6) is 5.75 Å². The van der Waals surface area contributed by atoms with Crippen molar-refractivity contribution >= 4 is 46.4 Å². The summed E-state index contributed by atoms with van der Waals surface area (Å²) in [6.45, 7) is 15.8. The molecule has 5 N–H and O–H groups in total. The van der Waals surface area contributed by atoms with Crippen LogP contribution in [0.4, 0.5) is 0 Å². The first kappa shape index (κ1) is 45.5. The molecule has 4 amide bonds. The van der Waals surface area contributed by atoms with Crippen LogP contribution in [0.2, 0.25) is 0 Å². The summed E-state index contributed by atoms with van der Waals surface area (Å²) in [5.74, 6) is -0.286. The molecule has 1 fully saturated rings. The number of aryl methyl sites for hydroxylation is 1. The molecule has 1 aromatic rings. The molecule has 2 aliphatic rings. The second-order valence-corrected chi connectivity index (χ2v) is 16.3. The van der Waals surface area contributed by atoms with Gasteiger partial charge in [-0.05, 0) is 69.4 Å². The molecule has 0 bridgehead atoms. The number of hydrogen-bond acceptors (Lipinski definition) is 10. The molecule has 2 heterocycles. The minimum absolute atomic E-state index is 0.0297. The topological polar surface area (TPSA) is 190 Å². The van der Waals surface area contributed by atoms with Crippen molar-refractivity contribution in [2.45, 2.75) is 131 Å². The lowest BCUT2D eigenvalue weighted by Gasteiger charge is -2.35. The lowest BCUT2D eigenvalue weighted by molar-refractivity contribution is -0.164. The van der Waals surface area contributed by atoms with Crippen LogP contribution in [0.15, 0.2) is 29.3 Å². The first-order valence-electron chi connectivity index (χ1n) is 18.7. The van der Waals surface area contributed by atoms with E-state index in [1.54, 1.807) is 30.7 Å². The number of primary amides is 1. The summed E-state index contributed by atoms with van der Waals surface area (Å²) < 4.78 is 11.0. The fourth-order valence-corrected chi connectivity index (χ4v) is 7.24. The highest BCUT2D eigenvalue weighted by atomic mass is 32.2. The average Bonchev–Trinajstić information content (AvgIpc) is 3.80. The van der Waals surface area contributed by atoms with Crippen LogP contribution in [0.1, 0.15) is 99.0 Å². The smallest absolute Gasteiger partial charge is 0.329 e. The average molecular weight is 762 g/mol. The Balaban J connectivity index is 0.000000937. The predicted octanol–water partition coefficient (Wildman–Crippen LogP) is 4.16. The Bertz CT molecular complexity index is 1400. The molecule has 0 aromatic heterocycles. The van der Waals surface area contributed by atoms with Crippen molar-refractivity contribution in [1.29, 1.82) is 0 Å². The van der Waals surface area contributed by atoms with Crippen molar-refractivity contribution in [1.82, 2.24) is 15.5 Å². The Labute approximate surface area is 320 Å². The number of aliphatic hydroxyl groups excluding tert-OH is 1. The maximum Gasteiger partial charge on any atom is 0.329 e. The van der Waals surface area contributed by atoms with Gasteiger partial charge in [0, 0.05) is 31.1 Å². The van der Waals surface area contributed by atoms with E-state index in [0.29, 0.717) is 44.4 Å². The van der Waals surface area contributed by atoms with Crippen LogP contribution >= 0.6 is 11.8 Å². The summed E-state index contributed by atoms with van der Waals surface area (Å²) in [5.41, 5.74) is 6.07. The molecule has 0 spiro atoms. The summed E-state index contributed by atoms with van der Waals surface area (Å²) in [7, 11) is 1.67. The fourth-order valence-electron chi connectivity index (χ4n) is 5.99. The third-order valence-corrected chi connectivity index (χ3v) is 10.9. The van der Waals surface area contributed by atoms with Crippen LogP contribution in [0, 0.1) is 24.2 Å². The van der Waals surface area contributed by atoms with Gasteiger partial charge >= 0.3 is 5.97 Å². The van der Waals surface area contributed by atoms with E-state index in [4.69, 9.17) is 20.2 Å². The minimum Gasteiger partial charge on any atom is -0.497 e. The second kappa shape index (κ2) is 21.9. The van der Waals surface area contributed by atoms with Crippen molar-refractivity contribution in [2.24, 2.45) is 28.0 Å². The summed E-state index contributed by atoms with van der Waals surface area (Å²) in [6, 6.07) is 6.56. The van der Waals surface area contributed by atoms with Gasteiger partial charge in [-0.15, -0.1) is 11.8 Å². The first-order valence-corrected chi connectivity index (χ1v) is 19.7. The Morgan fingerprint density at radius 1 is 1.08 bits per heavy atom. The van der Waals surface area contributed by atoms with Gasteiger partial charge in [-0.1, -0.05) is 59.2 Å². The van der Waals surface area contributed by atoms with Crippen LogP contribution < -0.4 is 21.1 Å². The van der Waals surface area contributed by atoms with Crippen molar-refractivity contribution in [3.63, 3.8) is 0 Å². The van der Waals surface area contributed by atoms with Crippen molar-refractivity contribution in [2.75, 3.05) is 26.0 Å².